The van der Waals surface area contributed by atoms with E-state index < -0.39 is 11.8 Å². The number of nitrogens with zero attached hydrogens (tertiary/aromatic N) is 1. The van der Waals surface area contributed by atoms with Gasteiger partial charge in [-0.3, -0.25) is 14.4 Å². The molecule has 216 valence electrons. The highest BCUT2D eigenvalue weighted by molar-refractivity contribution is 8.00. The molecule has 0 bridgehead atoms. The summed E-state index contributed by atoms with van der Waals surface area (Å²) in [6.07, 6.45) is 3.78. The van der Waals surface area contributed by atoms with E-state index in [1.54, 1.807) is 91.5 Å². The summed E-state index contributed by atoms with van der Waals surface area (Å²) in [4.78, 5) is 44.3. The van der Waals surface area contributed by atoms with Crippen molar-refractivity contribution in [2.45, 2.75) is 23.5 Å². The van der Waals surface area contributed by atoms with Gasteiger partial charge in [0.1, 0.15) is 17.2 Å². The molecule has 0 fully saturated rings. The van der Waals surface area contributed by atoms with Crippen LogP contribution >= 0.6 is 23.1 Å². The van der Waals surface area contributed by atoms with Gasteiger partial charge in [0.05, 0.1) is 19.5 Å². The third-order valence-corrected chi connectivity index (χ3v) is 8.01. The SMILES string of the molecule is CCC(Sc1cccc(NC(=O)/C(=C\c2ccc(OC)cc2OC)NC(=O)c2ccccc2)c1)C(=O)Nc1nccs1. The highest BCUT2D eigenvalue weighted by Gasteiger charge is 2.20. The van der Waals surface area contributed by atoms with Gasteiger partial charge in [-0.2, -0.15) is 0 Å². The average molecular weight is 603 g/mol. The van der Waals surface area contributed by atoms with E-state index in [4.69, 9.17) is 9.47 Å². The minimum atomic E-state index is -0.534. The fraction of sp³-hybridized carbons (Fsp3) is 0.161. The van der Waals surface area contributed by atoms with Crippen molar-refractivity contribution in [1.29, 1.82) is 0 Å². The van der Waals surface area contributed by atoms with Crippen LogP contribution in [0.3, 0.4) is 0 Å². The minimum absolute atomic E-state index is 0.0136. The summed E-state index contributed by atoms with van der Waals surface area (Å²) in [5.74, 6) is -0.0650. The molecule has 1 atom stereocenters. The first-order valence-electron chi connectivity index (χ1n) is 13.0. The molecule has 0 saturated carbocycles. The molecule has 3 amide bonds. The van der Waals surface area contributed by atoms with Gasteiger partial charge in [0, 0.05) is 39.4 Å². The third kappa shape index (κ3) is 8.21. The zero-order valence-corrected chi connectivity index (χ0v) is 24.9. The Morgan fingerprint density at radius 2 is 1.79 bits per heavy atom. The summed E-state index contributed by atoms with van der Waals surface area (Å²) in [5, 5.41) is 10.4. The van der Waals surface area contributed by atoms with Gasteiger partial charge in [-0.1, -0.05) is 31.2 Å². The van der Waals surface area contributed by atoms with Gasteiger partial charge in [-0.25, -0.2) is 4.98 Å². The van der Waals surface area contributed by atoms with Crippen molar-refractivity contribution in [1.82, 2.24) is 10.3 Å². The van der Waals surface area contributed by atoms with Crippen LogP contribution in [0.5, 0.6) is 11.5 Å². The van der Waals surface area contributed by atoms with Crippen molar-refractivity contribution in [2.75, 3.05) is 24.9 Å². The van der Waals surface area contributed by atoms with E-state index in [1.165, 1.54) is 30.2 Å². The Bertz CT molecular complexity index is 1560. The number of aromatic nitrogens is 1. The van der Waals surface area contributed by atoms with Crippen molar-refractivity contribution < 1.29 is 23.9 Å². The lowest BCUT2D eigenvalue weighted by Crippen LogP contribution is -2.30. The van der Waals surface area contributed by atoms with Crippen molar-refractivity contribution in [3.05, 3.63) is 101 Å². The number of carbonyl (C=O) groups is 3. The molecule has 1 heterocycles. The molecule has 42 heavy (non-hydrogen) atoms. The van der Waals surface area contributed by atoms with E-state index in [2.05, 4.69) is 20.9 Å². The van der Waals surface area contributed by atoms with Gasteiger partial charge >= 0.3 is 0 Å². The van der Waals surface area contributed by atoms with Crippen LogP contribution in [-0.2, 0) is 9.59 Å². The number of amides is 3. The van der Waals surface area contributed by atoms with Gasteiger partial charge in [0.2, 0.25) is 5.91 Å². The number of thioether (sulfide) groups is 1. The van der Waals surface area contributed by atoms with Gasteiger partial charge in [0.25, 0.3) is 11.8 Å². The maximum absolute atomic E-state index is 13.5. The third-order valence-electron chi connectivity index (χ3n) is 5.97. The Kier molecular flexibility index (Phi) is 10.7. The maximum Gasteiger partial charge on any atom is 0.272 e. The second kappa shape index (κ2) is 14.9. The first-order valence-corrected chi connectivity index (χ1v) is 14.7. The van der Waals surface area contributed by atoms with Crippen LogP contribution < -0.4 is 25.4 Å². The molecule has 4 rings (SSSR count). The lowest BCUT2D eigenvalue weighted by molar-refractivity contribution is -0.116. The van der Waals surface area contributed by atoms with Crippen molar-refractivity contribution in [3.63, 3.8) is 0 Å². The van der Waals surface area contributed by atoms with Crippen LogP contribution in [0.4, 0.5) is 10.8 Å². The molecule has 0 aliphatic rings. The molecule has 0 saturated heterocycles. The molecule has 4 aromatic rings. The van der Waals surface area contributed by atoms with Crippen LogP contribution in [0, 0.1) is 0 Å². The zero-order chi connectivity index (χ0) is 29.9. The van der Waals surface area contributed by atoms with E-state index in [0.717, 1.165) is 4.90 Å². The topological polar surface area (TPSA) is 119 Å². The summed E-state index contributed by atoms with van der Waals surface area (Å²) in [6.45, 7) is 1.94. The van der Waals surface area contributed by atoms with Crippen LogP contribution in [0.1, 0.15) is 29.3 Å². The monoisotopic (exact) mass is 602 g/mol. The fourth-order valence-corrected chi connectivity index (χ4v) is 5.38. The van der Waals surface area contributed by atoms with E-state index in [1.807, 2.05) is 13.0 Å². The van der Waals surface area contributed by atoms with Crippen molar-refractivity contribution in [2.24, 2.45) is 0 Å². The summed E-state index contributed by atoms with van der Waals surface area (Å²) in [6, 6.07) is 21.0. The number of hydrogen-bond acceptors (Lipinski definition) is 8. The second-order valence-corrected chi connectivity index (χ2v) is 11.0. The number of hydrogen-bond donors (Lipinski definition) is 3. The lowest BCUT2D eigenvalue weighted by atomic mass is 10.1. The fourth-order valence-electron chi connectivity index (χ4n) is 3.84. The lowest BCUT2D eigenvalue weighted by Gasteiger charge is -2.15. The predicted octanol–water partition coefficient (Wildman–Crippen LogP) is 6.08. The normalized spacial score (nSPS) is 11.7. The standard InChI is InChI=1S/C31H30N4O5S2/c1-4-27(30(38)35-31-32-15-16-41-31)42-24-12-8-11-22(18-24)33-29(37)25(34-28(36)20-9-6-5-7-10-20)17-21-13-14-23(39-2)19-26(21)40-3/h5-19,27H,4H2,1-3H3,(H,33,37)(H,34,36)(H,32,35,38)/b25-17+. The predicted molar refractivity (Wildman–Crippen MR) is 167 cm³/mol. The summed E-state index contributed by atoms with van der Waals surface area (Å²) in [5.41, 5.74) is 1.48. The maximum atomic E-state index is 13.5. The van der Waals surface area contributed by atoms with E-state index >= 15 is 0 Å². The highest BCUT2D eigenvalue weighted by Crippen LogP contribution is 2.30. The Balaban J connectivity index is 1.56. The Morgan fingerprint density at radius 3 is 2.48 bits per heavy atom. The highest BCUT2D eigenvalue weighted by atomic mass is 32.2. The molecular formula is C31H30N4O5S2. The molecule has 0 aliphatic carbocycles. The van der Waals surface area contributed by atoms with Gasteiger partial charge < -0.3 is 25.4 Å². The zero-order valence-electron chi connectivity index (χ0n) is 23.2. The first kappa shape index (κ1) is 30.4. The minimum Gasteiger partial charge on any atom is -0.497 e. The number of anilines is 2. The van der Waals surface area contributed by atoms with Crippen molar-refractivity contribution in [3.8, 4) is 11.5 Å². The number of benzene rings is 3. The van der Waals surface area contributed by atoms with E-state index in [0.29, 0.717) is 39.9 Å². The summed E-state index contributed by atoms with van der Waals surface area (Å²) in [7, 11) is 3.06. The summed E-state index contributed by atoms with van der Waals surface area (Å²) < 4.78 is 10.8. The van der Waals surface area contributed by atoms with E-state index in [-0.39, 0.29) is 16.9 Å². The quantitative estimate of drug-likeness (QED) is 0.133. The van der Waals surface area contributed by atoms with Gasteiger partial charge in [0.15, 0.2) is 5.13 Å². The molecule has 1 unspecified atom stereocenters. The number of ether oxygens (including phenoxy) is 2. The molecule has 0 spiro atoms. The number of carbonyl (C=O) groups excluding carboxylic acids is 3. The van der Waals surface area contributed by atoms with Crippen LogP contribution in [0.25, 0.3) is 6.08 Å². The largest absolute Gasteiger partial charge is 0.497 e. The summed E-state index contributed by atoms with van der Waals surface area (Å²) >= 11 is 2.74. The Labute approximate surface area is 252 Å². The number of thiazole rings is 1. The Hall–Kier alpha value is -4.61. The van der Waals surface area contributed by atoms with Crippen LogP contribution in [0.15, 0.2) is 95.0 Å². The van der Waals surface area contributed by atoms with Gasteiger partial charge in [-0.15, -0.1) is 23.1 Å². The smallest absolute Gasteiger partial charge is 0.272 e. The first-order chi connectivity index (χ1) is 20.4. The number of nitrogens with one attached hydrogen (secondary N) is 3. The molecule has 0 aliphatic heterocycles. The molecular weight excluding hydrogens is 572 g/mol. The molecule has 11 heteroatoms. The Morgan fingerprint density at radius 1 is 0.976 bits per heavy atom. The van der Waals surface area contributed by atoms with Crippen LogP contribution in [-0.4, -0.2) is 42.2 Å². The van der Waals surface area contributed by atoms with Crippen molar-refractivity contribution >= 4 is 57.7 Å². The molecule has 0 radical (unpaired) electrons. The molecule has 3 aromatic carbocycles. The number of rotatable bonds is 12. The molecule has 1 aromatic heterocycles. The van der Waals surface area contributed by atoms with Crippen LogP contribution in [0.2, 0.25) is 0 Å². The molecule has 9 nitrogen and oxygen atoms in total. The second-order valence-electron chi connectivity index (χ2n) is 8.81. The molecule has 3 N–H and O–H groups in total. The van der Waals surface area contributed by atoms with E-state index in [9.17, 15) is 14.4 Å². The average Bonchev–Trinajstić information content (AvgIpc) is 3.53. The van der Waals surface area contributed by atoms with Gasteiger partial charge in [-0.05, 0) is 55.0 Å². The number of methoxy groups -OCH3 is 2.